The Bertz CT molecular complexity index is 250. The van der Waals surface area contributed by atoms with E-state index in [2.05, 4.69) is 15.9 Å². The molecule has 0 heterocycles. The lowest BCUT2D eigenvalue weighted by atomic mass is 10.2. The van der Waals surface area contributed by atoms with E-state index < -0.39 is 0 Å². The fraction of sp³-hybridized carbons (Fsp3) is 0.250. The summed E-state index contributed by atoms with van der Waals surface area (Å²) in [5, 5.41) is 0.737. The highest BCUT2D eigenvalue weighted by Gasteiger charge is 1.98. The Balaban J connectivity index is 2.90. The molecule has 0 unspecified atom stereocenters. The minimum atomic E-state index is 0.562. The van der Waals surface area contributed by atoms with E-state index in [0.717, 1.165) is 15.1 Å². The fourth-order valence-electron chi connectivity index (χ4n) is 0.794. The predicted octanol–water partition coefficient (Wildman–Crippen LogP) is 3.25. The molecular formula is C8H8BrClO. The standard InChI is InChI=1S/C8H8BrClO/c1-11-5-6-2-3-7(9)4-8(6)10/h2-4H,5H2,1H3. The average Bonchev–Trinajstić information content (AvgIpc) is 1.95. The third-order valence-electron chi connectivity index (χ3n) is 1.31. The number of hydrogen-bond donors (Lipinski definition) is 0. The van der Waals surface area contributed by atoms with Crippen LogP contribution in [0.4, 0.5) is 0 Å². The monoisotopic (exact) mass is 234 g/mol. The van der Waals surface area contributed by atoms with Gasteiger partial charge in [-0.1, -0.05) is 33.6 Å². The van der Waals surface area contributed by atoms with Crippen LogP contribution in [-0.4, -0.2) is 7.11 Å². The van der Waals surface area contributed by atoms with Gasteiger partial charge < -0.3 is 4.74 Å². The summed E-state index contributed by atoms with van der Waals surface area (Å²) < 4.78 is 5.94. The molecule has 1 aromatic carbocycles. The van der Waals surface area contributed by atoms with Crippen LogP contribution in [0.1, 0.15) is 5.56 Å². The van der Waals surface area contributed by atoms with Crippen molar-refractivity contribution in [1.29, 1.82) is 0 Å². The molecule has 0 aliphatic heterocycles. The van der Waals surface area contributed by atoms with Gasteiger partial charge in [0.05, 0.1) is 6.61 Å². The van der Waals surface area contributed by atoms with Crippen molar-refractivity contribution in [3.05, 3.63) is 33.3 Å². The van der Waals surface area contributed by atoms with Crippen LogP contribution in [0, 0.1) is 0 Å². The lowest BCUT2D eigenvalue weighted by molar-refractivity contribution is 0.185. The van der Waals surface area contributed by atoms with Crippen molar-refractivity contribution in [2.75, 3.05) is 7.11 Å². The second kappa shape index (κ2) is 4.10. The molecule has 0 aliphatic carbocycles. The molecule has 0 saturated heterocycles. The molecule has 0 radical (unpaired) electrons. The Hall–Kier alpha value is -0.0500. The van der Waals surface area contributed by atoms with E-state index in [0.29, 0.717) is 6.61 Å². The molecule has 1 rings (SSSR count). The maximum atomic E-state index is 5.90. The number of ether oxygens (including phenoxy) is 1. The third kappa shape index (κ3) is 2.47. The van der Waals surface area contributed by atoms with Crippen molar-refractivity contribution in [3.8, 4) is 0 Å². The summed E-state index contributed by atoms with van der Waals surface area (Å²) in [4.78, 5) is 0. The van der Waals surface area contributed by atoms with Gasteiger partial charge in [0.1, 0.15) is 0 Å². The Morgan fingerprint density at radius 2 is 2.27 bits per heavy atom. The Kier molecular flexibility index (Phi) is 3.37. The first kappa shape index (κ1) is 9.04. The molecule has 0 aliphatic rings. The van der Waals surface area contributed by atoms with Crippen LogP contribution in [-0.2, 0) is 11.3 Å². The van der Waals surface area contributed by atoms with Gasteiger partial charge in [0.25, 0.3) is 0 Å². The quantitative estimate of drug-likeness (QED) is 0.765. The van der Waals surface area contributed by atoms with E-state index in [9.17, 15) is 0 Å². The molecule has 0 fully saturated rings. The van der Waals surface area contributed by atoms with Crippen molar-refractivity contribution in [3.63, 3.8) is 0 Å². The Morgan fingerprint density at radius 1 is 1.55 bits per heavy atom. The minimum absolute atomic E-state index is 0.562. The molecule has 0 atom stereocenters. The van der Waals surface area contributed by atoms with Gasteiger partial charge in [0.15, 0.2) is 0 Å². The van der Waals surface area contributed by atoms with E-state index in [1.165, 1.54) is 0 Å². The summed E-state index contributed by atoms with van der Waals surface area (Å²) in [7, 11) is 1.65. The molecule has 1 aromatic rings. The van der Waals surface area contributed by atoms with Crippen LogP contribution in [0.5, 0.6) is 0 Å². The van der Waals surface area contributed by atoms with Gasteiger partial charge in [-0.15, -0.1) is 0 Å². The highest BCUT2D eigenvalue weighted by atomic mass is 79.9. The lowest BCUT2D eigenvalue weighted by Crippen LogP contribution is -1.87. The maximum Gasteiger partial charge on any atom is 0.0727 e. The van der Waals surface area contributed by atoms with Crippen LogP contribution in [0.3, 0.4) is 0 Å². The fourth-order valence-corrected chi connectivity index (χ4v) is 1.52. The molecule has 60 valence electrons. The minimum Gasteiger partial charge on any atom is -0.380 e. The second-order valence-electron chi connectivity index (χ2n) is 2.17. The topological polar surface area (TPSA) is 9.23 Å². The zero-order valence-electron chi connectivity index (χ0n) is 6.10. The molecule has 0 amide bonds. The first-order valence-electron chi connectivity index (χ1n) is 3.17. The molecule has 0 spiro atoms. The number of methoxy groups -OCH3 is 1. The number of hydrogen-bond acceptors (Lipinski definition) is 1. The van der Waals surface area contributed by atoms with Crippen LogP contribution < -0.4 is 0 Å². The van der Waals surface area contributed by atoms with E-state index in [-0.39, 0.29) is 0 Å². The first-order valence-corrected chi connectivity index (χ1v) is 4.34. The predicted molar refractivity (Wildman–Crippen MR) is 49.9 cm³/mol. The molecule has 0 saturated carbocycles. The SMILES string of the molecule is COCc1ccc(Br)cc1Cl. The van der Waals surface area contributed by atoms with Gasteiger partial charge in [0, 0.05) is 16.6 Å². The summed E-state index contributed by atoms with van der Waals surface area (Å²) in [6.07, 6.45) is 0. The van der Waals surface area contributed by atoms with Crippen LogP contribution >= 0.6 is 27.5 Å². The Morgan fingerprint density at radius 3 is 2.82 bits per heavy atom. The van der Waals surface area contributed by atoms with Crippen molar-refractivity contribution >= 4 is 27.5 Å². The van der Waals surface area contributed by atoms with Crippen molar-refractivity contribution < 1.29 is 4.74 Å². The van der Waals surface area contributed by atoms with Gasteiger partial charge in [-0.05, 0) is 17.7 Å². The van der Waals surface area contributed by atoms with Crippen molar-refractivity contribution in [1.82, 2.24) is 0 Å². The largest absolute Gasteiger partial charge is 0.380 e. The van der Waals surface area contributed by atoms with E-state index in [1.807, 2.05) is 18.2 Å². The van der Waals surface area contributed by atoms with E-state index in [4.69, 9.17) is 16.3 Å². The lowest BCUT2D eigenvalue weighted by Gasteiger charge is -2.01. The number of benzene rings is 1. The second-order valence-corrected chi connectivity index (χ2v) is 3.49. The zero-order valence-corrected chi connectivity index (χ0v) is 8.45. The summed E-state index contributed by atoms with van der Waals surface area (Å²) in [5.74, 6) is 0. The van der Waals surface area contributed by atoms with Gasteiger partial charge in [-0.25, -0.2) is 0 Å². The molecular weight excluding hydrogens is 227 g/mol. The van der Waals surface area contributed by atoms with Gasteiger partial charge in [0.2, 0.25) is 0 Å². The van der Waals surface area contributed by atoms with E-state index in [1.54, 1.807) is 7.11 Å². The molecule has 3 heteroatoms. The average molecular weight is 236 g/mol. The molecule has 0 bridgehead atoms. The van der Waals surface area contributed by atoms with Crippen LogP contribution in [0.2, 0.25) is 5.02 Å². The smallest absolute Gasteiger partial charge is 0.0727 e. The molecule has 0 N–H and O–H groups in total. The van der Waals surface area contributed by atoms with Crippen molar-refractivity contribution in [2.45, 2.75) is 6.61 Å². The highest BCUT2D eigenvalue weighted by Crippen LogP contribution is 2.21. The summed E-state index contributed by atoms with van der Waals surface area (Å²) in [6.45, 7) is 0.562. The Labute approximate surface area is 79.4 Å². The zero-order chi connectivity index (χ0) is 8.27. The van der Waals surface area contributed by atoms with Gasteiger partial charge in [-0.2, -0.15) is 0 Å². The summed E-state index contributed by atoms with van der Waals surface area (Å²) >= 11 is 9.22. The maximum absolute atomic E-state index is 5.90. The van der Waals surface area contributed by atoms with Crippen LogP contribution in [0.15, 0.2) is 22.7 Å². The third-order valence-corrected chi connectivity index (χ3v) is 2.16. The normalized spacial score (nSPS) is 10.1. The highest BCUT2D eigenvalue weighted by molar-refractivity contribution is 9.10. The molecule has 1 nitrogen and oxygen atoms in total. The number of rotatable bonds is 2. The molecule has 0 aromatic heterocycles. The van der Waals surface area contributed by atoms with Gasteiger partial charge >= 0.3 is 0 Å². The van der Waals surface area contributed by atoms with Crippen molar-refractivity contribution in [2.24, 2.45) is 0 Å². The van der Waals surface area contributed by atoms with E-state index >= 15 is 0 Å². The molecule has 11 heavy (non-hydrogen) atoms. The number of halogens is 2. The van der Waals surface area contributed by atoms with Gasteiger partial charge in [-0.3, -0.25) is 0 Å². The summed E-state index contributed by atoms with van der Waals surface area (Å²) in [6, 6.07) is 5.74. The first-order chi connectivity index (χ1) is 5.24. The summed E-state index contributed by atoms with van der Waals surface area (Å²) in [5.41, 5.74) is 1.01. The van der Waals surface area contributed by atoms with Crippen LogP contribution in [0.25, 0.3) is 0 Å².